The minimum atomic E-state index is -0.322. The molecule has 0 bridgehead atoms. The molecule has 0 aromatic heterocycles. The highest BCUT2D eigenvalue weighted by Gasteiger charge is 2.23. The molecule has 1 unspecified atom stereocenters. The summed E-state index contributed by atoms with van der Waals surface area (Å²) in [5.41, 5.74) is 5.14. The van der Waals surface area contributed by atoms with Crippen molar-refractivity contribution in [2.24, 2.45) is 5.73 Å². The topological polar surface area (TPSA) is 56.5 Å². The Balaban J connectivity index is 3.87. The van der Waals surface area contributed by atoms with Crippen molar-refractivity contribution in [3.05, 3.63) is 0 Å². The second kappa shape index (κ2) is 8.24. The first kappa shape index (κ1) is 15.1. The van der Waals surface area contributed by atoms with Gasteiger partial charge in [0, 0.05) is 33.4 Å². The van der Waals surface area contributed by atoms with E-state index in [9.17, 15) is 0 Å². The molecule has 0 aliphatic carbocycles. The van der Waals surface area contributed by atoms with Crippen LogP contribution >= 0.6 is 0 Å². The Hall–Kier alpha value is 0.0569. The Morgan fingerprint density at radius 3 is 2.40 bits per heavy atom. The minimum Gasteiger partial charge on any atom is -0.358 e. The molecule has 5 heteroatoms. The van der Waals surface area contributed by atoms with Crippen LogP contribution in [0.25, 0.3) is 0 Å². The second-order valence-corrected chi connectivity index (χ2v) is 5.45. The van der Waals surface area contributed by atoms with E-state index < -0.39 is 0 Å². The summed E-state index contributed by atoms with van der Waals surface area (Å²) in [5, 5.41) is 3.42. The highest BCUT2D eigenvalue weighted by Crippen LogP contribution is 2.16. The van der Waals surface area contributed by atoms with Gasteiger partial charge in [-0.3, -0.25) is 0 Å². The van der Waals surface area contributed by atoms with Gasteiger partial charge in [-0.05, 0) is 19.3 Å². The van der Waals surface area contributed by atoms with Crippen molar-refractivity contribution in [3.63, 3.8) is 0 Å². The molecule has 1 atom stereocenters. The number of ether oxygens (including phenoxy) is 2. The lowest BCUT2D eigenvalue weighted by Crippen LogP contribution is -2.38. The van der Waals surface area contributed by atoms with Gasteiger partial charge in [0.1, 0.15) is 5.41 Å². The molecule has 0 amide bonds. The number of nitrogens with two attached hydrogens (primary N) is 1. The molecular formula is C10H26N2O2Si. The van der Waals surface area contributed by atoms with Gasteiger partial charge in [0.15, 0.2) is 0 Å². The van der Waals surface area contributed by atoms with Gasteiger partial charge < -0.3 is 20.5 Å². The summed E-state index contributed by atoms with van der Waals surface area (Å²) < 4.78 is 10.7. The Labute approximate surface area is 96.3 Å². The summed E-state index contributed by atoms with van der Waals surface area (Å²) in [7, 11) is 4.31. The SMILES string of the molecule is CCC(CCC([SiH3])(OC)OC)NCCN. The molecule has 0 spiro atoms. The zero-order valence-corrected chi connectivity index (χ0v) is 12.5. The van der Waals surface area contributed by atoms with E-state index in [0.717, 1.165) is 36.0 Å². The van der Waals surface area contributed by atoms with Crippen molar-refractivity contribution >= 4 is 10.2 Å². The van der Waals surface area contributed by atoms with Gasteiger partial charge in [-0.2, -0.15) is 0 Å². The summed E-state index contributed by atoms with van der Waals surface area (Å²) in [6.45, 7) is 3.76. The van der Waals surface area contributed by atoms with Crippen molar-refractivity contribution in [3.8, 4) is 0 Å². The number of nitrogens with one attached hydrogen (secondary N) is 1. The molecule has 0 rings (SSSR count). The Morgan fingerprint density at radius 1 is 1.40 bits per heavy atom. The van der Waals surface area contributed by atoms with E-state index in [0.29, 0.717) is 12.6 Å². The summed E-state index contributed by atoms with van der Waals surface area (Å²) in [4.78, 5) is 0. The van der Waals surface area contributed by atoms with Crippen LogP contribution in [0.3, 0.4) is 0 Å². The molecule has 15 heavy (non-hydrogen) atoms. The van der Waals surface area contributed by atoms with E-state index in [1.165, 1.54) is 0 Å². The fraction of sp³-hybridized carbons (Fsp3) is 1.00. The van der Waals surface area contributed by atoms with Gasteiger partial charge in [-0.25, -0.2) is 0 Å². The highest BCUT2D eigenvalue weighted by atomic mass is 28.1. The molecule has 0 radical (unpaired) electrons. The Morgan fingerprint density at radius 2 is 2.00 bits per heavy atom. The van der Waals surface area contributed by atoms with Crippen LogP contribution in [0.5, 0.6) is 0 Å². The van der Waals surface area contributed by atoms with Crippen LogP contribution in [-0.4, -0.2) is 49.0 Å². The first-order valence-electron chi connectivity index (χ1n) is 5.65. The Bertz CT molecular complexity index is 154. The number of methoxy groups -OCH3 is 2. The third-order valence-corrected chi connectivity index (χ3v) is 4.20. The molecule has 0 aromatic carbocycles. The van der Waals surface area contributed by atoms with Gasteiger partial charge in [-0.15, -0.1) is 0 Å². The first-order valence-corrected chi connectivity index (χ1v) is 6.65. The lowest BCUT2D eigenvalue weighted by molar-refractivity contribution is -0.147. The monoisotopic (exact) mass is 234 g/mol. The highest BCUT2D eigenvalue weighted by molar-refractivity contribution is 6.13. The maximum Gasteiger partial charge on any atom is 0.140 e. The summed E-state index contributed by atoms with van der Waals surface area (Å²) in [6.07, 6.45) is 3.13. The summed E-state index contributed by atoms with van der Waals surface area (Å²) in [5.74, 6) is 0. The minimum absolute atomic E-state index is 0.322. The molecule has 4 nitrogen and oxygen atoms in total. The van der Waals surface area contributed by atoms with Crippen molar-refractivity contribution in [1.29, 1.82) is 0 Å². The summed E-state index contributed by atoms with van der Waals surface area (Å²) in [6, 6.07) is 0.521. The maximum absolute atomic E-state index is 5.46. The largest absolute Gasteiger partial charge is 0.358 e. The van der Waals surface area contributed by atoms with E-state index in [-0.39, 0.29) is 5.41 Å². The lowest BCUT2D eigenvalue weighted by Gasteiger charge is -2.28. The van der Waals surface area contributed by atoms with Crippen LogP contribution in [0.2, 0.25) is 0 Å². The zero-order valence-electron chi connectivity index (χ0n) is 10.5. The third kappa shape index (κ3) is 6.27. The number of hydrogen-bond donors (Lipinski definition) is 2. The molecule has 3 N–H and O–H groups in total. The summed E-state index contributed by atoms with van der Waals surface area (Å²) >= 11 is 0. The molecule has 0 aliphatic heterocycles. The van der Waals surface area contributed by atoms with Crippen molar-refractivity contribution in [1.82, 2.24) is 5.32 Å². The maximum atomic E-state index is 5.46. The van der Waals surface area contributed by atoms with Crippen molar-refractivity contribution < 1.29 is 9.47 Å². The predicted octanol–water partition coefficient (Wildman–Crippen LogP) is -0.594. The van der Waals surface area contributed by atoms with E-state index in [4.69, 9.17) is 15.2 Å². The molecule has 0 saturated carbocycles. The van der Waals surface area contributed by atoms with Crippen LogP contribution in [0.1, 0.15) is 26.2 Å². The van der Waals surface area contributed by atoms with Gasteiger partial charge in [0.2, 0.25) is 0 Å². The van der Waals surface area contributed by atoms with Crippen molar-refractivity contribution in [2.75, 3.05) is 27.3 Å². The van der Waals surface area contributed by atoms with Crippen LogP contribution < -0.4 is 11.1 Å². The zero-order chi connectivity index (χ0) is 11.7. The standard InChI is InChI=1S/C10H26N2O2Si/c1-4-9(12-8-7-11)5-6-10(15,13-2)14-3/h9,12H,4-8,11H2,1-3,15H3. The Kier molecular flexibility index (Phi) is 8.27. The van der Waals surface area contributed by atoms with E-state index in [1.807, 2.05) is 0 Å². The molecular weight excluding hydrogens is 208 g/mol. The number of hydrogen-bond acceptors (Lipinski definition) is 4. The van der Waals surface area contributed by atoms with Crippen LogP contribution in [0.4, 0.5) is 0 Å². The first-order chi connectivity index (χ1) is 7.11. The van der Waals surface area contributed by atoms with E-state index in [1.54, 1.807) is 14.2 Å². The molecule has 0 saturated heterocycles. The van der Waals surface area contributed by atoms with Gasteiger partial charge >= 0.3 is 0 Å². The average Bonchev–Trinajstić information content (AvgIpc) is 2.29. The second-order valence-electron chi connectivity index (χ2n) is 3.93. The molecule has 0 fully saturated rings. The molecule has 92 valence electrons. The van der Waals surface area contributed by atoms with Crippen molar-refractivity contribution in [2.45, 2.75) is 37.6 Å². The van der Waals surface area contributed by atoms with Gasteiger partial charge in [0.05, 0.1) is 10.2 Å². The predicted molar refractivity (Wildman–Crippen MR) is 67.1 cm³/mol. The quantitative estimate of drug-likeness (QED) is 0.413. The third-order valence-electron chi connectivity index (χ3n) is 2.88. The van der Waals surface area contributed by atoms with Gasteiger partial charge in [-0.1, -0.05) is 6.92 Å². The van der Waals surface area contributed by atoms with Crippen LogP contribution in [0.15, 0.2) is 0 Å². The van der Waals surface area contributed by atoms with Crippen LogP contribution in [-0.2, 0) is 9.47 Å². The van der Waals surface area contributed by atoms with E-state index in [2.05, 4.69) is 12.2 Å². The van der Waals surface area contributed by atoms with E-state index >= 15 is 0 Å². The number of rotatable bonds is 9. The lowest BCUT2D eigenvalue weighted by atomic mass is 10.1. The average molecular weight is 234 g/mol. The fourth-order valence-corrected chi connectivity index (χ4v) is 1.75. The fourth-order valence-electron chi connectivity index (χ4n) is 1.46. The van der Waals surface area contributed by atoms with Gasteiger partial charge in [0.25, 0.3) is 0 Å². The smallest absolute Gasteiger partial charge is 0.140 e. The molecule has 0 heterocycles. The molecule has 0 aliphatic rings. The molecule has 0 aromatic rings. The van der Waals surface area contributed by atoms with Crippen LogP contribution in [0, 0.1) is 0 Å². The normalized spacial score (nSPS) is 14.4.